The highest BCUT2D eigenvalue weighted by Crippen LogP contribution is 2.22. The molecule has 0 heterocycles. The summed E-state index contributed by atoms with van der Waals surface area (Å²) in [4.78, 5) is 28.6. The summed E-state index contributed by atoms with van der Waals surface area (Å²) in [7, 11) is 1.62. The van der Waals surface area contributed by atoms with Crippen LogP contribution in [0.15, 0.2) is 53.4 Å². The molecule has 0 fully saturated rings. The van der Waals surface area contributed by atoms with Gasteiger partial charge in [-0.1, -0.05) is 37.1 Å². The van der Waals surface area contributed by atoms with Crippen LogP contribution in [0.2, 0.25) is 5.02 Å². The first kappa shape index (κ1) is 26.1. The Kier molecular flexibility index (Phi) is 11.5. The summed E-state index contributed by atoms with van der Waals surface area (Å²) in [5.41, 5.74) is 0.932. The standard InChI is InChI=1S/C25H33ClN2O3S/c1-4-5-15-27-25(30)19(2)28(18-20-8-6-9-22(17-20)31-3)24(29)10-7-16-32-23-13-11-21(26)12-14-23/h6,8-9,11-14,17,19H,4-5,7,10,15-16,18H2,1-3H3,(H,27,30)/t19-/m0/s1. The van der Waals surface area contributed by atoms with E-state index in [4.69, 9.17) is 16.3 Å². The summed E-state index contributed by atoms with van der Waals surface area (Å²) in [5.74, 6) is 1.40. The van der Waals surface area contributed by atoms with Crippen LogP contribution in [0.25, 0.3) is 0 Å². The number of ether oxygens (including phenoxy) is 1. The van der Waals surface area contributed by atoms with Gasteiger partial charge >= 0.3 is 0 Å². The molecule has 0 aliphatic rings. The van der Waals surface area contributed by atoms with E-state index >= 15 is 0 Å². The number of halogens is 1. The molecule has 0 saturated carbocycles. The van der Waals surface area contributed by atoms with E-state index in [1.165, 1.54) is 0 Å². The van der Waals surface area contributed by atoms with Gasteiger partial charge in [-0.25, -0.2) is 0 Å². The lowest BCUT2D eigenvalue weighted by atomic mass is 10.1. The van der Waals surface area contributed by atoms with Crippen LogP contribution in [-0.2, 0) is 16.1 Å². The molecule has 1 atom stereocenters. The van der Waals surface area contributed by atoms with Crippen LogP contribution in [-0.4, -0.2) is 42.2 Å². The largest absolute Gasteiger partial charge is 0.497 e. The summed E-state index contributed by atoms with van der Waals surface area (Å²) >= 11 is 7.62. The van der Waals surface area contributed by atoms with Crippen molar-refractivity contribution >= 4 is 35.2 Å². The molecule has 5 nitrogen and oxygen atoms in total. The molecule has 2 aromatic rings. The highest BCUT2D eigenvalue weighted by atomic mass is 35.5. The van der Waals surface area contributed by atoms with Crippen molar-refractivity contribution in [2.45, 2.75) is 57.0 Å². The number of hydrogen-bond acceptors (Lipinski definition) is 4. The van der Waals surface area contributed by atoms with Crippen LogP contribution >= 0.6 is 23.4 Å². The summed E-state index contributed by atoms with van der Waals surface area (Å²) in [5, 5.41) is 3.66. The van der Waals surface area contributed by atoms with Gasteiger partial charge < -0.3 is 15.0 Å². The normalized spacial score (nSPS) is 11.6. The maximum Gasteiger partial charge on any atom is 0.242 e. The molecule has 0 aromatic heterocycles. The number of rotatable bonds is 13. The molecule has 0 aliphatic heterocycles. The number of carbonyl (C=O) groups excluding carboxylic acids is 2. The second-order valence-electron chi connectivity index (χ2n) is 7.60. The summed E-state index contributed by atoms with van der Waals surface area (Å²) in [6.07, 6.45) is 3.04. The molecule has 0 bridgehead atoms. The number of carbonyl (C=O) groups is 2. The number of nitrogens with zero attached hydrogens (tertiary/aromatic N) is 1. The topological polar surface area (TPSA) is 58.6 Å². The van der Waals surface area contributed by atoms with Crippen LogP contribution in [0, 0.1) is 0 Å². The van der Waals surface area contributed by atoms with Gasteiger partial charge in [-0.2, -0.15) is 0 Å². The number of methoxy groups -OCH3 is 1. The Balaban J connectivity index is 2.00. The highest BCUT2D eigenvalue weighted by molar-refractivity contribution is 7.99. The third-order valence-electron chi connectivity index (χ3n) is 5.10. The Morgan fingerprint density at radius 2 is 1.91 bits per heavy atom. The average molecular weight is 477 g/mol. The molecule has 32 heavy (non-hydrogen) atoms. The molecule has 0 aliphatic carbocycles. The Morgan fingerprint density at radius 1 is 1.16 bits per heavy atom. The predicted octanol–water partition coefficient (Wildman–Crippen LogP) is 5.55. The molecule has 2 aromatic carbocycles. The molecule has 0 unspecified atom stereocenters. The molecular formula is C25H33ClN2O3S. The predicted molar refractivity (Wildman–Crippen MR) is 132 cm³/mol. The number of hydrogen-bond donors (Lipinski definition) is 1. The lowest BCUT2D eigenvalue weighted by Gasteiger charge is -2.29. The van der Waals surface area contributed by atoms with E-state index in [0.717, 1.165) is 41.2 Å². The van der Waals surface area contributed by atoms with Crippen molar-refractivity contribution in [3.05, 3.63) is 59.1 Å². The van der Waals surface area contributed by atoms with Gasteiger partial charge in [0.05, 0.1) is 7.11 Å². The summed E-state index contributed by atoms with van der Waals surface area (Å²) < 4.78 is 5.31. The number of nitrogens with one attached hydrogen (secondary N) is 1. The second-order valence-corrected chi connectivity index (χ2v) is 9.20. The Hall–Kier alpha value is -2.18. The lowest BCUT2D eigenvalue weighted by Crippen LogP contribution is -2.47. The first-order chi connectivity index (χ1) is 15.4. The highest BCUT2D eigenvalue weighted by Gasteiger charge is 2.25. The smallest absolute Gasteiger partial charge is 0.242 e. The summed E-state index contributed by atoms with van der Waals surface area (Å²) in [6, 6.07) is 14.7. The van der Waals surface area contributed by atoms with E-state index in [0.29, 0.717) is 24.5 Å². The molecule has 0 spiro atoms. The third-order valence-corrected chi connectivity index (χ3v) is 6.45. The fraction of sp³-hybridized carbons (Fsp3) is 0.440. The van der Waals surface area contributed by atoms with Crippen LogP contribution in [0.1, 0.15) is 45.1 Å². The van der Waals surface area contributed by atoms with Gasteiger partial charge in [0.2, 0.25) is 11.8 Å². The Labute approximate surface area is 200 Å². The second kappa shape index (κ2) is 14.1. The fourth-order valence-electron chi connectivity index (χ4n) is 3.17. The van der Waals surface area contributed by atoms with Crippen molar-refractivity contribution < 1.29 is 14.3 Å². The molecule has 1 N–H and O–H groups in total. The Bertz CT molecular complexity index is 861. The van der Waals surface area contributed by atoms with Gasteiger partial charge in [0.25, 0.3) is 0 Å². The van der Waals surface area contributed by atoms with Crippen LogP contribution < -0.4 is 10.1 Å². The zero-order chi connectivity index (χ0) is 23.3. The average Bonchev–Trinajstić information content (AvgIpc) is 2.81. The van der Waals surface area contributed by atoms with E-state index in [9.17, 15) is 9.59 Å². The third kappa shape index (κ3) is 8.75. The molecule has 0 radical (unpaired) electrons. The van der Waals surface area contributed by atoms with E-state index in [-0.39, 0.29) is 11.8 Å². The lowest BCUT2D eigenvalue weighted by molar-refractivity contribution is -0.140. The summed E-state index contributed by atoms with van der Waals surface area (Å²) in [6.45, 7) is 4.86. The van der Waals surface area contributed by atoms with Crippen molar-refractivity contribution in [1.82, 2.24) is 10.2 Å². The number of thioether (sulfide) groups is 1. The molecule has 0 saturated heterocycles. The van der Waals surface area contributed by atoms with Crippen molar-refractivity contribution in [2.24, 2.45) is 0 Å². The maximum atomic E-state index is 13.1. The molecular weight excluding hydrogens is 444 g/mol. The first-order valence-electron chi connectivity index (χ1n) is 11.0. The zero-order valence-electron chi connectivity index (χ0n) is 19.1. The van der Waals surface area contributed by atoms with Gasteiger partial charge in [0, 0.05) is 29.4 Å². The van der Waals surface area contributed by atoms with Gasteiger partial charge in [0.15, 0.2) is 0 Å². The van der Waals surface area contributed by atoms with Crippen molar-refractivity contribution in [3.63, 3.8) is 0 Å². The van der Waals surface area contributed by atoms with Crippen LogP contribution in [0.5, 0.6) is 5.75 Å². The van der Waals surface area contributed by atoms with Crippen molar-refractivity contribution in [3.8, 4) is 5.75 Å². The number of benzene rings is 2. The van der Waals surface area contributed by atoms with Gasteiger partial charge in [-0.15, -0.1) is 11.8 Å². The van der Waals surface area contributed by atoms with Crippen molar-refractivity contribution in [1.29, 1.82) is 0 Å². The molecule has 174 valence electrons. The number of unbranched alkanes of at least 4 members (excludes halogenated alkanes) is 1. The van der Waals surface area contributed by atoms with Crippen LogP contribution in [0.3, 0.4) is 0 Å². The molecule has 2 amide bonds. The van der Waals surface area contributed by atoms with E-state index in [2.05, 4.69) is 12.2 Å². The van der Waals surface area contributed by atoms with E-state index in [1.807, 2.05) is 48.5 Å². The quantitative estimate of drug-likeness (QED) is 0.304. The fourth-order valence-corrected chi connectivity index (χ4v) is 4.15. The first-order valence-corrected chi connectivity index (χ1v) is 12.4. The zero-order valence-corrected chi connectivity index (χ0v) is 20.7. The minimum absolute atomic E-state index is 0.0253. The van der Waals surface area contributed by atoms with Gasteiger partial charge in [0.1, 0.15) is 11.8 Å². The van der Waals surface area contributed by atoms with Crippen molar-refractivity contribution in [2.75, 3.05) is 19.4 Å². The van der Waals surface area contributed by atoms with E-state index in [1.54, 1.807) is 30.7 Å². The van der Waals surface area contributed by atoms with Gasteiger partial charge in [-0.05, 0) is 67.5 Å². The van der Waals surface area contributed by atoms with Gasteiger partial charge in [-0.3, -0.25) is 9.59 Å². The maximum absolute atomic E-state index is 13.1. The molecule has 7 heteroatoms. The monoisotopic (exact) mass is 476 g/mol. The minimum atomic E-state index is -0.547. The van der Waals surface area contributed by atoms with Crippen LogP contribution in [0.4, 0.5) is 0 Å². The SMILES string of the molecule is CCCCNC(=O)[C@H](C)N(Cc1cccc(OC)c1)C(=O)CCCSc1ccc(Cl)cc1. The number of amides is 2. The Morgan fingerprint density at radius 3 is 2.59 bits per heavy atom. The van der Waals surface area contributed by atoms with E-state index < -0.39 is 6.04 Å². The molecule has 2 rings (SSSR count). The minimum Gasteiger partial charge on any atom is -0.497 e.